The first-order valence-electron chi connectivity index (χ1n) is 7.52. The molecular weight excluding hydrogens is 335 g/mol. The Hall–Kier alpha value is -1.56. The van der Waals surface area contributed by atoms with Gasteiger partial charge in [0.05, 0.1) is 17.4 Å². The fraction of sp³-hybridized carbons (Fsp3) is 0.375. The number of aromatic nitrogens is 2. The largest absolute Gasteiger partial charge is 0.352 e. The molecule has 1 aliphatic heterocycles. The smallest absolute Gasteiger partial charge is 0.254 e. The van der Waals surface area contributed by atoms with E-state index in [1.165, 1.54) is 6.42 Å². The van der Waals surface area contributed by atoms with E-state index in [0.29, 0.717) is 23.0 Å². The lowest BCUT2D eigenvalue weighted by Gasteiger charge is -2.08. The van der Waals surface area contributed by atoms with Gasteiger partial charge in [-0.25, -0.2) is 4.68 Å². The van der Waals surface area contributed by atoms with Crippen LogP contribution >= 0.6 is 24.0 Å². The minimum Gasteiger partial charge on any atom is -0.352 e. The summed E-state index contributed by atoms with van der Waals surface area (Å²) in [7, 11) is 0. The van der Waals surface area contributed by atoms with Crippen molar-refractivity contribution in [2.75, 3.05) is 19.6 Å². The summed E-state index contributed by atoms with van der Waals surface area (Å²) in [6.45, 7) is 2.85. The van der Waals surface area contributed by atoms with Crippen LogP contribution in [-0.4, -0.2) is 35.3 Å². The lowest BCUT2D eigenvalue weighted by molar-refractivity contribution is 0.0951. The van der Waals surface area contributed by atoms with E-state index in [9.17, 15) is 4.79 Å². The second-order valence-electron chi connectivity index (χ2n) is 5.56. The van der Waals surface area contributed by atoms with E-state index in [1.807, 2.05) is 18.2 Å². The molecule has 1 aromatic heterocycles. The maximum absolute atomic E-state index is 12.1. The zero-order valence-electron chi connectivity index (χ0n) is 12.7. The molecule has 2 N–H and O–H groups in total. The summed E-state index contributed by atoms with van der Waals surface area (Å²) in [6, 6.07) is 7.37. The van der Waals surface area contributed by atoms with Crippen LogP contribution in [0.3, 0.4) is 0 Å². The van der Waals surface area contributed by atoms with Crippen LogP contribution in [0.5, 0.6) is 0 Å². The molecule has 7 heteroatoms. The van der Waals surface area contributed by atoms with Crippen molar-refractivity contribution in [1.29, 1.82) is 0 Å². The van der Waals surface area contributed by atoms with Crippen molar-refractivity contribution in [2.45, 2.75) is 12.8 Å². The minimum atomic E-state index is -0.0840. The zero-order chi connectivity index (χ0) is 15.4. The standard InChI is InChI=1S/C16H19ClN4O.ClH/c17-14-2-1-3-15(8-14)21-11-13(10-20-21)16(22)19-7-5-12-4-6-18-9-12;/h1-3,8,10-12,18H,4-7,9H2,(H,19,22);1H. The first kappa shape index (κ1) is 17.8. The molecule has 0 saturated carbocycles. The van der Waals surface area contributed by atoms with Crippen LogP contribution in [0.15, 0.2) is 36.7 Å². The van der Waals surface area contributed by atoms with Gasteiger partial charge in [-0.2, -0.15) is 5.10 Å². The van der Waals surface area contributed by atoms with Gasteiger partial charge in [-0.05, 0) is 50.0 Å². The molecule has 1 aromatic carbocycles. The van der Waals surface area contributed by atoms with E-state index in [4.69, 9.17) is 11.6 Å². The molecule has 0 radical (unpaired) electrons. The lowest BCUT2D eigenvalue weighted by Crippen LogP contribution is -2.26. The minimum absolute atomic E-state index is 0. The Kier molecular flexibility index (Phi) is 6.45. The maximum atomic E-state index is 12.1. The van der Waals surface area contributed by atoms with Crippen LogP contribution in [-0.2, 0) is 0 Å². The van der Waals surface area contributed by atoms with Gasteiger partial charge in [0.25, 0.3) is 5.91 Å². The normalized spacial score (nSPS) is 16.8. The molecule has 2 aromatic rings. The van der Waals surface area contributed by atoms with Crippen LogP contribution in [0.25, 0.3) is 5.69 Å². The number of halogens is 2. The topological polar surface area (TPSA) is 59.0 Å². The molecule has 1 saturated heterocycles. The Morgan fingerprint density at radius 2 is 2.35 bits per heavy atom. The van der Waals surface area contributed by atoms with Crippen molar-refractivity contribution in [3.8, 4) is 5.69 Å². The highest BCUT2D eigenvalue weighted by Crippen LogP contribution is 2.15. The highest BCUT2D eigenvalue weighted by Gasteiger charge is 2.15. The van der Waals surface area contributed by atoms with Crippen molar-refractivity contribution in [1.82, 2.24) is 20.4 Å². The quantitative estimate of drug-likeness (QED) is 0.867. The lowest BCUT2D eigenvalue weighted by atomic mass is 10.1. The van der Waals surface area contributed by atoms with Crippen LogP contribution in [0.4, 0.5) is 0 Å². The van der Waals surface area contributed by atoms with Crippen LogP contribution in [0.1, 0.15) is 23.2 Å². The monoisotopic (exact) mass is 354 g/mol. The van der Waals surface area contributed by atoms with Gasteiger partial charge < -0.3 is 10.6 Å². The second-order valence-corrected chi connectivity index (χ2v) is 5.99. The molecule has 2 heterocycles. The Bertz CT molecular complexity index is 653. The Morgan fingerprint density at radius 3 is 3.09 bits per heavy atom. The molecule has 0 bridgehead atoms. The summed E-state index contributed by atoms with van der Waals surface area (Å²) in [5.41, 5.74) is 1.40. The number of hydrogen-bond acceptors (Lipinski definition) is 3. The van der Waals surface area contributed by atoms with Crippen LogP contribution < -0.4 is 10.6 Å². The number of carbonyl (C=O) groups excluding carboxylic acids is 1. The van der Waals surface area contributed by atoms with Crippen molar-refractivity contribution in [2.24, 2.45) is 5.92 Å². The average Bonchev–Trinajstić information content (AvgIpc) is 3.19. The molecule has 5 nitrogen and oxygen atoms in total. The maximum Gasteiger partial charge on any atom is 0.254 e. The summed E-state index contributed by atoms with van der Waals surface area (Å²) in [4.78, 5) is 12.1. The number of carbonyl (C=O) groups is 1. The van der Waals surface area contributed by atoms with E-state index < -0.39 is 0 Å². The van der Waals surface area contributed by atoms with Gasteiger partial charge in [-0.1, -0.05) is 17.7 Å². The Balaban J connectivity index is 0.00000192. The molecule has 0 spiro atoms. The molecule has 23 heavy (non-hydrogen) atoms. The third kappa shape index (κ3) is 4.70. The van der Waals surface area contributed by atoms with Gasteiger partial charge in [-0.15, -0.1) is 12.4 Å². The highest BCUT2D eigenvalue weighted by atomic mass is 35.5. The number of nitrogens with zero attached hydrogens (tertiary/aromatic N) is 2. The summed E-state index contributed by atoms with van der Waals surface area (Å²) in [5.74, 6) is 0.591. The predicted octanol–water partition coefficient (Wildman–Crippen LogP) is 2.68. The van der Waals surface area contributed by atoms with Crippen molar-refractivity contribution < 1.29 is 4.79 Å². The van der Waals surface area contributed by atoms with Gasteiger partial charge in [0.15, 0.2) is 0 Å². The number of amides is 1. The number of nitrogens with one attached hydrogen (secondary N) is 2. The van der Waals surface area contributed by atoms with Gasteiger partial charge in [0.1, 0.15) is 0 Å². The molecule has 1 aliphatic rings. The fourth-order valence-corrected chi connectivity index (χ4v) is 2.84. The highest BCUT2D eigenvalue weighted by molar-refractivity contribution is 6.30. The molecular formula is C16H20Cl2N4O. The Morgan fingerprint density at radius 1 is 1.48 bits per heavy atom. The molecule has 1 fully saturated rings. The van der Waals surface area contributed by atoms with Crippen molar-refractivity contribution in [3.05, 3.63) is 47.2 Å². The van der Waals surface area contributed by atoms with Gasteiger partial charge >= 0.3 is 0 Å². The van der Waals surface area contributed by atoms with Crippen LogP contribution in [0.2, 0.25) is 5.02 Å². The van der Waals surface area contributed by atoms with E-state index in [1.54, 1.807) is 23.1 Å². The third-order valence-electron chi connectivity index (χ3n) is 3.92. The molecule has 1 atom stereocenters. The van der Waals surface area contributed by atoms with Gasteiger partial charge in [0.2, 0.25) is 0 Å². The SMILES string of the molecule is Cl.O=C(NCCC1CCNC1)c1cnn(-c2cccc(Cl)c2)c1. The second kappa shape index (κ2) is 8.34. The van der Waals surface area contributed by atoms with Gasteiger partial charge in [-0.3, -0.25) is 4.79 Å². The van der Waals surface area contributed by atoms with E-state index >= 15 is 0 Å². The number of hydrogen-bond donors (Lipinski definition) is 2. The fourth-order valence-electron chi connectivity index (χ4n) is 2.65. The molecule has 1 amide bonds. The molecule has 0 aliphatic carbocycles. The van der Waals surface area contributed by atoms with Crippen LogP contribution in [0, 0.1) is 5.92 Å². The molecule has 3 rings (SSSR count). The van der Waals surface area contributed by atoms with E-state index in [2.05, 4.69) is 15.7 Å². The van der Waals surface area contributed by atoms with E-state index in [-0.39, 0.29) is 18.3 Å². The summed E-state index contributed by atoms with van der Waals surface area (Å²) in [5, 5.41) is 11.2. The summed E-state index contributed by atoms with van der Waals surface area (Å²) < 4.78 is 1.65. The predicted molar refractivity (Wildman–Crippen MR) is 93.7 cm³/mol. The number of benzene rings is 1. The van der Waals surface area contributed by atoms with Crippen molar-refractivity contribution >= 4 is 29.9 Å². The Labute approximate surface area is 146 Å². The third-order valence-corrected chi connectivity index (χ3v) is 4.15. The molecule has 1 unspecified atom stereocenters. The van der Waals surface area contributed by atoms with E-state index in [0.717, 1.165) is 25.2 Å². The zero-order valence-corrected chi connectivity index (χ0v) is 14.2. The number of rotatable bonds is 5. The summed E-state index contributed by atoms with van der Waals surface area (Å²) >= 11 is 5.97. The first-order chi connectivity index (χ1) is 10.7. The first-order valence-corrected chi connectivity index (χ1v) is 7.90. The van der Waals surface area contributed by atoms with Gasteiger partial charge in [0, 0.05) is 17.8 Å². The van der Waals surface area contributed by atoms with Crippen molar-refractivity contribution in [3.63, 3.8) is 0 Å². The summed E-state index contributed by atoms with van der Waals surface area (Å²) in [6.07, 6.45) is 5.51. The molecule has 124 valence electrons. The average molecular weight is 355 g/mol.